The van der Waals surface area contributed by atoms with Crippen molar-refractivity contribution in [3.05, 3.63) is 54.1 Å². The predicted octanol–water partition coefficient (Wildman–Crippen LogP) is 1.01. The molecule has 2 aromatic heterocycles. The quantitative estimate of drug-likeness (QED) is 0.838. The first-order chi connectivity index (χ1) is 11.5. The summed E-state index contributed by atoms with van der Waals surface area (Å²) in [6, 6.07) is 6.90. The lowest BCUT2D eigenvalue weighted by Crippen LogP contribution is -2.36. The zero-order valence-electron chi connectivity index (χ0n) is 13.0. The molecule has 3 heterocycles. The van der Waals surface area contributed by atoms with E-state index in [0.717, 1.165) is 11.3 Å². The number of nitrogens with zero attached hydrogens (tertiary/aromatic N) is 2. The molecule has 8 heteroatoms. The number of pyridine rings is 2. The van der Waals surface area contributed by atoms with Crippen molar-refractivity contribution in [3.63, 3.8) is 0 Å². The van der Waals surface area contributed by atoms with E-state index in [2.05, 4.69) is 20.6 Å². The van der Waals surface area contributed by atoms with E-state index in [1.165, 1.54) is 0 Å². The Morgan fingerprint density at radius 3 is 2.71 bits per heavy atom. The third kappa shape index (κ3) is 4.29. The summed E-state index contributed by atoms with van der Waals surface area (Å²) < 4.78 is 22.9. The molecule has 0 spiro atoms. The van der Waals surface area contributed by atoms with Gasteiger partial charge >= 0.3 is 0 Å². The van der Waals surface area contributed by atoms with Crippen molar-refractivity contribution < 1.29 is 13.2 Å². The van der Waals surface area contributed by atoms with Crippen LogP contribution in [0.2, 0.25) is 0 Å². The highest BCUT2D eigenvalue weighted by Gasteiger charge is 2.29. The summed E-state index contributed by atoms with van der Waals surface area (Å²) in [5, 5.41) is 5.95. The van der Waals surface area contributed by atoms with Crippen molar-refractivity contribution in [3.8, 4) is 0 Å². The molecule has 0 aliphatic carbocycles. The Hall–Kier alpha value is -2.48. The highest BCUT2D eigenvalue weighted by Crippen LogP contribution is 2.13. The Kier molecular flexibility index (Phi) is 4.75. The maximum Gasteiger partial charge on any atom is 0.270 e. The number of carbonyl (C=O) groups excluding carboxylic acids is 1. The zero-order chi connectivity index (χ0) is 17.0. The second-order valence-corrected chi connectivity index (χ2v) is 7.94. The van der Waals surface area contributed by atoms with Crippen LogP contribution in [0, 0.1) is 0 Å². The summed E-state index contributed by atoms with van der Waals surface area (Å²) in [7, 11) is -3.02. The highest BCUT2D eigenvalue weighted by atomic mass is 32.2. The van der Waals surface area contributed by atoms with E-state index < -0.39 is 9.84 Å². The van der Waals surface area contributed by atoms with Crippen LogP contribution in [0.4, 0.5) is 5.69 Å². The van der Waals surface area contributed by atoms with Gasteiger partial charge in [-0.3, -0.25) is 14.8 Å². The lowest BCUT2D eigenvalue weighted by Gasteiger charge is -2.11. The van der Waals surface area contributed by atoms with Crippen molar-refractivity contribution in [1.82, 2.24) is 15.3 Å². The molecule has 2 aromatic rings. The minimum absolute atomic E-state index is 0.00127. The van der Waals surface area contributed by atoms with E-state index in [9.17, 15) is 13.2 Å². The molecule has 0 aromatic carbocycles. The highest BCUT2D eigenvalue weighted by molar-refractivity contribution is 7.91. The molecule has 1 aliphatic heterocycles. The molecule has 0 radical (unpaired) electrons. The largest absolute Gasteiger partial charge is 0.381 e. The Balaban J connectivity index is 1.61. The van der Waals surface area contributed by atoms with Crippen LogP contribution in [-0.2, 0) is 16.4 Å². The van der Waals surface area contributed by atoms with Crippen molar-refractivity contribution in [1.29, 1.82) is 0 Å². The van der Waals surface area contributed by atoms with Gasteiger partial charge in [-0.2, -0.15) is 0 Å². The molecule has 24 heavy (non-hydrogen) atoms. The third-order valence-electron chi connectivity index (χ3n) is 3.81. The fraction of sp³-hybridized carbons (Fsp3) is 0.312. The van der Waals surface area contributed by atoms with Crippen LogP contribution in [0.25, 0.3) is 0 Å². The molecule has 1 amide bonds. The molecule has 126 valence electrons. The molecule has 0 bridgehead atoms. The van der Waals surface area contributed by atoms with Gasteiger partial charge in [0.25, 0.3) is 5.91 Å². The van der Waals surface area contributed by atoms with Gasteiger partial charge in [0.15, 0.2) is 9.84 Å². The van der Waals surface area contributed by atoms with Crippen molar-refractivity contribution in [2.75, 3.05) is 16.8 Å². The predicted molar refractivity (Wildman–Crippen MR) is 90.3 cm³/mol. The first-order valence-electron chi connectivity index (χ1n) is 7.62. The van der Waals surface area contributed by atoms with E-state index in [4.69, 9.17) is 0 Å². The number of amides is 1. The van der Waals surface area contributed by atoms with Crippen LogP contribution in [-0.4, -0.2) is 41.8 Å². The SMILES string of the molecule is O=C(NC1CCS(=O)(=O)C1)c1cc(NCc2ccncc2)ccn1. The fourth-order valence-corrected chi connectivity index (χ4v) is 4.21. The second-order valence-electron chi connectivity index (χ2n) is 5.71. The van der Waals surface area contributed by atoms with E-state index in [1.54, 1.807) is 30.7 Å². The van der Waals surface area contributed by atoms with E-state index in [-0.39, 0.29) is 29.1 Å². The van der Waals surface area contributed by atoms with Gasteiger partial charge in [-0.05, 0) is 36.2 Å². The average molecular weight is 346 g/mol. The Bertz CT molecular complexity index is 824. The molecule has 2 N–H and O–H groups in total. The van der Waals surface area contributed by atoms with Gasteiger partial charge in [0.1, 0.15) is 5.69 Å². The molecule has 1 atom stereocenters. The van der Waals surface area contributed by atoms with Gasteiger partial charge in [-0.25, -0.2) is 8.42 Å². The Morgan fingerprint density at radius 2 is 2.00 bits per heavy atom. The van der Waals surface area contributed by atoms with Crippen LogP contribution in [0.3, 0.4) is 0 Å². The van der Waals surface area contributed by atoms with Gasteiger partial charge < -0.3 is 10.6 Å². The molecule has 1 unspecified atom stereocenters. The molecule has 1 saturated heterocycles. The summed E-state index contributed by atoms with van der Waals surface area (Å²) >= 11 is 0. The third-order valence-corrected chi connectivity index (χ3v) is 5.57. The topological polar surface area (TPSA) is 101 Å². The van der Waals surface area contributed by atoms with Crippen molar-refractivity contribution >= 4 is 21.4 Å². The molecule has 1 fully saturated rings. The molecule has 1 aliphatic rings. The van der Waals surface area contributed by atoms with Gasteiger partial charge in [-0.1, -0.05) is 0 Å². The lowest BCUT2D eigenvalue weighted by atomic mass is 10.2. The maximum absolute atomic E-state index is 12.2. The standard InChI is InChI=1S/C16H18N4O3S/c21-16(20-14-4-8-24(22,23)11-14)15-9-13(3-7-18-15)19-10-12-1-5-17-6-2-12/h1-3,5-7,9,14H,4,8,10-11H2,(H,18,19)(H,20,21). The van der Waals surface area contributed by atoms with Crippen LogP contribution in [0.5, 0.6) is 0 Å². The number of hydrogen-bond acceptors (Lipinski definition) is 6. The summed E-state index contributed by atoms with van der Waals surface area (Å²) in [4.78, 5) is 20.3. The number of rotatable bonds is 5. The minimum Gasteiger partial charge on any atom is -0.381 e. The van der Waals surface area contributed by atoms with Gasteiger partial charge in [0, 0.05) is 36.9 Å². The molecular weight excluding hydrogens is 328 g/mol. The first kappa shape index (κ1) is 16.4. The van der Waals surface area contributed by atoms with Crippen molar-refractivity contribution in [2.24, 2.45) is 0 Å². The summed E-state index contributed by atoms with van der Waals surface area (Å²) in [6.45, 7) is 0.606. The van der Waals surface area contributed by atoms with Crippen LogP contribution in [0.15, 0.2) is 42.9 Å². The van der Waals surface area contributed by atoms with Crippen LogP contribution in [0.1, 0.15) is 22.5 Å². The minimum atomic E-state index is -3.02. The Labute approximate surface area is 140 Å². The number of hydrogen-bond donors (Lipinski definition) is 2. The lowest BCUT2D eigenvalue weighted by molar-refractivity contribution is 0.0936. The zero-order valence-corrected chi connectivity index (χ0v) is 13.8. The summed E-state index contributed by atoms with van der Waals surface area (Å²) in [5.74, 6) is -0.234. The number of sulfone groups is 1. The number of aromatic nitrogens is 2. The normalized spacial score (nSPS) is 18.9. The van der Waals surface area contributed by atoms with E-state index in [0.29, 0.717) is 13.0 Å². The molecule has 7 nitrogen and oxygen atoms in total. The maximum atomic E-state index is 12.2. The van der Waals surface area contributed by atoms with E-state index in [1.807, 2.05) is 12.1 Å². The number of carbonyl (C=O) groups is 1. The van der Waals surface area contributed by atoms with Gasteiger partial charge in [0.05, 0.1) is 11.5 Å². The summed E-state index contributed by atoms with van der Waals surface area (Å²) in [6.07, 6.45) is 5.44. The van der Waals surface area contributed by atoms with Crippen molar-refractivity contribution in [2.45, 2.75) is 19.0 Å². The monoisotopic (exact) mass is 346 g/mol. The first-order valence-corrected chi connectivity index (χ1v) is 9.44. The number of anilines is 1. The average Bonchev–Trinajstić information content (AvgIpc) is 2.93. The fourth-order valence-electron chi connectivity index (χ4n) is 2.54. The summed E-state index contributed by atoms with van der Waals surface area (Å²) in [5.41, 5.74) is 2.11. The molecule has 3 rings (SSSR count). The Morgan fingerprint density at radius 1 is 1.21 bits per heavy atom. The van der Waals surface area contributed by atoms with E-state index >= 15 is 0 Å². The second kappa shape index (κ2) is 6.96. The van der Waals surface area contributed by atoms with Gasteiger partial charge in [-0.15, -0.1) is 0 Å². The molecule has 0 saturated carbocycles. The smallest absolute Gasteiger partial charge is 0.270 e. The number of nitrogens with one attached hydrogen (secondary N) is 2. The van der Waals surface area contributed by atoms with Crippen LogP contribution < -0.4 is 10.6 Å². The van der Waals surface area contributed by atoms with Crippen LogP contribution >= 0.6 is 0 Å². The van der Waals surface area contributed by atoms with Gasteiger partial charge in [0.2, 0.25) is 0 Å². The molecular formula is C16H18N4O3S.